The van der Waals surface area contributed by atoms with Gasteiger partial charge in [0.25, 0.3) is 0 Å². The van der Waals surface area contributed by atoms with Crippen LogP contribution < -0.4 is 10.6 Å². The van der Waals surface area contributed by atoms with E-state index in [1.165, 1.54) is 36.9 Å². The van der Waals surface area contributed by atoms with Gasteiger partial charge in [-0.25, -0.2) is 9.78 Å². The van der Waals surface area contributed by atoms with Gasteiger partial charge in [-0.2, -0.15) is 0 Å². The first kappa shape index (κ1) is 25.2. The van der Waals surface area contributed by atoms with E-state index < -0.39 is 29.9 Å². The number of aliphatic hydroxyl groups excluding tert-OH is 1. The lowest BCUT2D eigenvalue weighted by molar-refractivity contribution is -0.125. The lowest BCUT2D eigenvalue weighted by Crippen LogP contribution is -2.53. The predicted octanol–water partition coefficient (Wildman–Crippen LogP) is 4.10. The van der Waals surface area contributed by atoms with E-state index in [4.69, 9.17) is 4.74 Å². The molecule has 2 aromatic heterocycles. The van der Waals surface area contributed by atoms with E-state index in [0.717, 1.165) is 17.7 Å². The zero-order chi connectivity index (χ0) is 23.8. The van der Waals surface area contributed by atoms with Crippen molar-refractivity contribution in [2.75, 3.05) is 0 Å². The number of carbonyl (C=O) groups excluding carboxylic acids is 2. The average molecular weight is 477 g/mol. The number of thiophene rings is 1. The highest BCUT2D eigenvalue weighted by Crippen LogP contribution is 2.32. The number of aromatic amines is 1. The molecule has 3 rings (SSSR count). The first-order chi connectivity index (χ1) is 15.7. The molecule has 2 heterocycles. The summed E-state index contributed by atoms with van der Waals surface area (Å²) in [5.74, 6) is 0.107. The van der Waals surface area contributed by atoms with E-state index in [0.29, 0.717) is 18.0 Å². The summed E-state index contributed by atoms with van der Waals surface area (Å²) in [6.45, 7) is 5.32. The molecule has 8 nitrogen and oxygen atoms in total. The van der Waals surface area contributed by atoms with Crippen LogP contribution in [0.4, 0.5) is 4.79 Å². The highest BCUT2D eigenvalue weighted by atomic mass is 32.1. The molecule has 0 saturated heterocycles. The minimum atomic E-state index is -0.871. The van der Waals surface area contributed by atoms with Gasteiger partial charge in [0, 0.05) is 23.2 Å². The molecule has 0 aliphatic heterocycles. The molecule has 0 aromatic carbocycles. The highest BCUT2D eigenvalue weighted by Gasteiger charge is 2.31. The van der Waals surface area contributed by atoms with Gasteiger partial charge in [0.15, 0.2) is 0 Å². The van der Waals surface area contributed by atoms with Crippen LogP contribution in [0.2, 0.25) is 0 Å². The van der Waals surface area contributed by atoms with Crippen molar-refractivity contribution in [3.05, 3.63) is 40.6 Å². The molecule has 9 heteroatoms. The zero-order valence-electron chi connectivity index (χ0n) is 19.7. The number of hydrogen-bond donors (Lipinski definition) is 4. The number of carbonyl (C=O) groups is 2. The average Bonchev–Trinajstić information content (AvgIpc) is 3.46. The standard InChI is InChI=1S/C24H36N4O4S/c1-24(2,3)32-23(31)28-19(13-17-14-25-15-26-17)22(30)27-18(12-16-8-5-4-6-9-16)21(29)20-10-7-11-33-20/h7,10-11,14-16,18-19,21,29H,4-6,8-9,12-13H2,1-3H3,(H,25,26)(H,27,30)(H,28,31)/t18-,19-,21+/m0/s1. The Kier molecular flexibility index (Phi) is 8.91. The van der Waals surface area contributed by atoms with Crippen LogP contribution in [0, 0.1) is 5.92 Å². The van der Waals surface area contributed by atoms with Gasteiger partial charge in [-0.3, -0.25) is 4.79 Å². The van der Waals surface area contributed by atoms with Crippen molar-refractivity contribution < 1.29 is 19.4 Å². The molecular formula is C24H36N4O4S. The molecule has 1 aliphatic carbocycles. The van der Waals surface area contributed by atoms with Crippen molar-refractivity contribution in [2.45, 2.75) is 89.5 Å². The fraction of sp³-hybridized carbons (Fsp3) is 0.625. The summed E-state index contributed by atoms with van der Waals surface area (Å²) in [6, 6.07) is 2.47. The van der Waals surface area contributed by atoms with Gasteiger partial charge in [-0.1, -0.05) is 38.2 Å². The van der Waals surface area contributed by atoms with Gasteiger partial charge in [0.1, 0.15) is 17.7 Å². The maximum absolute atomic E-state index is 13.4. The molecule has 2 amide bonds. The summed E-state index contributed by atoms with van der Waals surface area (Å²) in [6.07, 6.45) is 8.45. The molecule has 0 spiro atoms. The number of aliphatic hydroxyl groups is 1. The number of amides is 2. The number of ether oxygens (including phenoxy) is 1. The van der Waals surface area contributed by atoms with Gasteiger partial charge in [0.05, 0.1) is 12.4 Å². The number of hydrogen-bond acceptors (Lipinski definition) is 6. The number of alkyl carbamates (subject to hydrolysis) is 1. The zero-order valence-corrected chi connectivity index (χ0v) is 20.5. The van der Waals surface area contributed by atoms with Crippen molar-refractivity contribution in [1.29, 1.82) is 0 Å². The fourth-order valence-electron chi connectivity index (χ4n) is 4.27. The molecule has 4 N–H and O–H groups in total. The molecule has 182 valence electrons. The molecule has 0 bridgehead atoms. The second kappa shape index (κ2) is 11.7. The predicted molar refractivity (Wildman–Crippen MR) is 128 cm³/mol. The summed E-state index contributed by atoms with van der Waals surface area (Å²) in [4.78, 5) is 33.6. The van der Waals surface area contributed by atoms with Gasteiger partial charge >= 0.3 is 6.09 Å². The van der Waals surface area contributed by atoms with Crippen molar-refractivity contribution in [3.63, 3.8) is 0 Å². The van der Waals surface area contributed by atoms with E-state index in [1.807, 2.05) is 17.5 Å². The monoisotopic (exact) mass is 476 g/mol. The molecule has 33 heavy (non-hydrogen) atoms. The summed E-state index contributed by atoms with van der Waals surface area (Å²) >= 11 is 1.47. The molecular weight excluding hydrogens is 440 g/mol. The van der Waals surface area contributed by atoms with Gasteiger partial charge in [-0.15, -0.1) is 11.3 Å². The molecule has 2 aromatic rings. The Balaban J connectivity index is 1.74. The Bertz CT molecular complexity index is 858. The van der Waals surface area contributed by atoms with Crippen molar-refractivity contribution in [3.8, 4) is 0 Å². The van der Waals surface area contributed by atoms with Crippen LogP contribution in [0.3, 0.4) is 0 Å². The van der Waals surface area contributed by atoms with Crippen LogP contribution in [-0.2, 0) is 16.0 Å². The lowest BCUT2D eigenvalue weighted by Gasteiger charge is -2.31. The summed E-state index contributed by atoms with van der Waals surface area (Å²) in [5, 5.41) is 18.7. The molecule has 0 radical (unpaired) electrons. The second-order valence-corrected chi connectivity index (χ2v) is 10.8. The third kappa shape index (κ3) is 8.16. The number of nitrogens with zero attached hydrogens (tertiary/aromatic N) is 1. The Morgan fingerprint density at radius 3 is 2.64 bits per heavy atom. The lowest BCUT2D eigenvalue weighted by atomic mass is 9.83. The number of nitrogens with one attached hydrogen (secondary N) is 3. The fourth-order valence-corrected chi connectivity index (χ4v) is 5.04. The minimum Gasteiger partial charge on any atom is -0.444 e. The molecule has 1 saturated carbocycles. The van der Waals surface area contributed by atoms with E-state index in [9.17, 15) is 14.7 Å². The quantitative estimate of drug-likeness (QED) is 0.435. The number of aromatic nitrogens is 2. The largest absolute Gasteiger partial charge is 0.444 e. The van der Waals surface area contributed by atoms with Crippen LogP contribution >= 0.6 is 11.3 Å². The third-order valence-corrected chi connectivity index (χ3v) is 6.78. The van der Waals surface area contributed by atoms with Crippen LogP contribution in [0.15, 0.2) is 30.0 Å². The van der Waals surface area contributed by atoms with Gasteiger partial charge in [0.2, 0.25) is 5.91 Å². The minimum absolute atomic E-state index is 0.232. The van der Waals surface area contributed by atoms with Crippen LogP contribution in [0.25, 0.3) is 0 Å². The Labute approximate surface area is 199 Å². The van der Waals surface area contributed by atoms with Crippen molar-refractivity contribution in [1.82, 2.24) is 20.6 Å². The normalized spacial score (nSPS) is 17.7. The topological polar surface area (TPSA) is 116 Å². The van der Waals surface area contributed by atoms with Crippen LogP contribution in [-0.4, -0.2) is 44.8 Å². The maximum atomic E-state index is 13.4. The van der Waals surface area contributed by atoms with Crippen LogP contribution in [0.1, 0.15) is 76.0 Å². The van der Waals surface area contributed by atoms with Crippen molar-refractivity contribution in [2.24, 2.45) is 5.92 Å². The molecule has 3 atom stereocenters. The smallest absolute Gasteiger partial charge is 0.408 e. The first-order valence-corrected chi connectivity index (χ1v) is 12.6. The van der Waals surface area contributed by atoms with Crippen LogP contribution in [0.5, 0.6) is 0 Å². The third-order valence-electron chi connectivity index (χ3n) is 5.84. The second-order valence-electron chi connectivity index (χ2n) is 9.79. The van der Waals surface area contributed by atoms with Gasteiger partial charge in [-0.05, 0) is 44.6 Å². The summed E-state index contributed by atoms with van der Waals surface area (Å²) in [5.41, 5.74) is 0.0340. The highest BCUT2D eigenvalue weighted by molar-refractivity contribution is 7.10. The Morgan fingerprint density at radius 1 is 1.27 bits per heavy atom. The Hall–Kier alpha value is -2.39. The van der Waals surface area contributed by atoms with Crippen molar-refractivity contribution >= 4 is 23.3 Å². The molecule has 1 fully saturated rings. The van der Waals surface area contributed by atoms with E-state index in [1.54, 1.807) is 27.0 Å². The van der Waals surface area contributed by atoms with E-state index >= 15 is 0 Å². The SMILES string of the molecule is CC(C)(C)OC(=O)N[C@@H](Cc1cnc[nH]1)C(=O)N[C@@H](CC1CCCCC1)[C@@H](O)c1cccs1. The number of imidazole rings is 1. The summed E-state index contributed by atoms with van der Waals surface area (Å²) in [7, 11) is 0. The number of H-pyrrole nitrogens is 1. The van der Waals surface area contributed by atoms with Gasteiger partial charge < -0.3 is 25.5 Å². The van der Waals surface area contributed by atoms with E-state index in [2.05, 4.69) is 20.6 Å². The summed E-state index contributed by atoms with van der Waals surface area (Å²) < 4.78 is 5.37. The molecule has 0 unspecified atom stereocenters. The first-order valence-electron chi connectivity index (χ1n) is 11.7. The van der Waals surface area contributed by atoms with E-state index in [-0.39, 0.29) is 12.3 Å². The Morgan fingerprint density at radius 2 is 2.03 bits per heavy atom. The number of rotatable bonds is 9. The maximum Gasteiger partial charge on any atom is 0.408 e. The molecule has 1 aliphatic rings.